The summed E-state index contributed by atoms with van der Waals surface area (Å²) in [4.78, 5) is 8.89. The van der Waals surface area contributed by atoms with Gasteiger partial charge in [-0.25, -0.2) is 4.98 Å². The molecular weight excluding hydrogens is 284 g/mol. The van der Waals surface area contributed by atoms with Gasteiger partial charge in [-0.15, -0.1) is 0 Å². The summed E-state index contributed by atoms with van der Waals surface area (Å²) in [7, 11) is 0. The number of pyridine rings is 1. The van der Waals surface area contributed by atoms with E-state index in [2.05, 4.69) is 64.1 Å². The van der Waals surface area contributed by atoms with Gasteiger partial charge in [0.05, 0.1) is 16.7 Å². The van der Waals surface area contributed by atoms with Crippen LogP contribution in [-0.4, -0.2) is 27.1 Å². The fourth-order valence-corrected chi connectivity index (χ4v) is 2.67. The number of aromatic nitrogens is 3. The predicted octanol–water partition coefficient (Wildman–Crippen LogP) is 3.43. The summed E-state index contributed by atoms with van der Waals surface area (Å²) in [5.74, 6) is 1.06. The Kier molecular flexibility index (Phi) is 4.83. The Morgan fingerprint density at radius 1 is 1.17 bits per heavy atom. The molecule has 0 amide bonds. The quantitative estimate of drug-likeness (QED) is 0.758. The Bertz CT molecular complexity index is 789. The third-order valence-electron chi connectivity index (χ3n) is 3.89. The molecular formula is C19H22N4. The summed E-state index contributed by atoms with van der Waals surface area (Å²) in [6.07, 6.45) is 6.00. The standard InChI is InChI=1S/C19H22N4/c1-15(10-11-17-7-5-6-12-21-17)20-13-14-23-16(2)22-18-8-3-4-9-19(18)23/h3-12,15,20H,13-14H2,1-2H3. The Balaban J connectivity index is 1.56. The van der Waals surface area contributed by atoms with Gasteiger partial charge in [0, 0.05) is 25.3 Å². The molecule has 0 aliphatic rings. The number of hydrogen-bond acceptors (Lipinski definition) is 3. The predicted molar refractivity (Wildman–Crippen MR) is 95.2 cm³/mol. The SMILES string of the molecule is Cc1nc2ccccc2n1CCNC(C)C=Cc1ccccn1. The lowest BCUT2D eigenvalue weighted by molar-refractivity contribution is 0.569. The largest absolute Gasteiger partial charge is 0.327 e. The van der Waals surface area contributed by atoms with Crippen LogP contribution in [0.5, 0.6) is 0 Å². The molecule has 0 bridgehead atoms. The van der Waals surface area contributed by atoms with Crippen molar-refractivity contribution in [1.29, 1.82) is 0 Å². The fourth-order valence-electron chi connectivity index (χ4n) is 2.67. The van der Waals surface area contributed by atoms with Crippen LogP contribution in [0.15, 0.2) is 54.7 Å². The number of para-hydroxylation sites is 2. The molecule has 1 aromatic carbocycles. The number of aryl methyl sites for hydroxylation is 1. The number of nitrogens with zero attached hydrogens (tertiary/aromatic N) is 3. The monoisotopic (exact) mass is 306 g/mol. The lowest BCUT2D eigenvalue weighted by Crippen LogP contribution is -2.27. The van der Waals surface area contributed by atoms with Crippen molar-refractivity contribution in [1.82, 2.24) is 19.9 Å². The molecule has 4 heteroatoms. The van der Waals surface area contributed by atoms with E-state index in [1.807, 2.05) is 30.5 Å². The summed E-state index contributed by atoms with van der Waals surface area (Å²) in [6.45, 7) is 6.02. The van der Waals surface area contributed by atoms with Crippen LogP contribution in [0.1, 0.15) is 18.4 Å². The van der Waals surface area contributed by atoms with Gasteiger partial charge < -0.3 is 9.88 Å². The van der Waals surface area contributed by atoms with Gasteiger partial charge in [-0.1, -0.05) is 24.3 Å². The van der Waals surface area contributed by atoms with Crippen molar-refractivity contribution >= 4 is 17.1 Å². The van der Waals surface area contributed by atoms with Crippen LogP contribution in [0.25, 0.3) is 17.1 Å². The second-order valence-corrected chi connectivity index (χ2v) is 5.66. The van der Waals surface area contributed by atoms with Crippen molar-refractivity contribution in [3.8, 4) is 0 Å². The number of nitrogens with one attached hydrogen (secondary N) is 1. The van der Waals surface area contributed by atoms with Gasteiger partial charge in [0.2, 0.25) is 0 Å². The molecule has 1 N–H and O–H groups in total. The van der Waals surface area contributed by atoms with Gasteiger partial charge in [0.1, 0.15) is 5.82 Å². The van der Waals surface area contributed by atoms with Crippen molar-refractivity contribution in [2.75, 3.05) is 6.54 Å². The number of hydrogen-bond donors (Lipinski definition) is 1. The third kappa shape index (κ3) is 3.85. The summed E-state index contributed by atoms with van der Waals surface area (Å²) in [5.41, 5.74) is 3.24. The molecule has 118 valence electrons. The molecule has 23 heavy (non-hydrogen) atoms. The highest BCUT2D eigenvalue weighted by atomic mass is 15.1. The minimum absolute atomic E-state index is 0.298. The number of imidazole rings is 1. The molecule has 3 aromatic rings. The molecule has 1 unspecified atom stereocenters. The molecule has 0 aliphatic heterocycles. The molecule has 2 heterocycles. The molecule has 2 aromatic heterocycles. The molecule has 4 nitrogen and oxygen atoms in total. The van der Waals surface area contributed by atoms with E-state index in [0.29, 0.717) is 6.04 Å². The first-order valence-corrected chi connectivity index (χ1v) is 7.98. The Morgan fingerprint density at radius 2 is 2.00 bits per heavy atom. The molecule has 0 spiro atoms. The first-order valence-electron chi connectivity index (χ1n) is 7.98. The molecule has 0 aliphatic carbocycles. The minimum atomic E-state index is 0.298. The van der Waals surface area contributed by atoms with Crippen molar-refractivity contribution < 1.29 is 0 Å². The van der Waals surface area contributed by atoms with Crippen LogP contribution in [0.4, 0.5) is 0 Å². The number of rotatable bonds is 6. The van der Waals surface area contributed by atoms with Crippen LogP contribution in [0.2, 0.25) is 0 Å². The third-order valence-corrected chi connectivity index (χ3v) is 3.89. The van der Waals surface area contributed by atoms with Gasteiger partial charge in [-0.2, -0.15) is 0 Å². The van der Waals surface area contributed by atoms with Crippen molar-refractivity contribution in [2.45, 2.75) is 26.4 Å². The lowest BCUT2D eigenvalue weighted by atomic mass is 10.2. The smallest absolute Gasteiger partial charge is 0.106 e. The van der Waals surface area contributed by atoms with Gasteiger partial charge in [-0.3, -0.25) is 4.98 Å². The zero-order valence-corrected chi connectivity index (χ0v) is 13.6. The zero-order valence-electron chi connectivity index (χ0n) is 13.6. The van der Waals surface area contributed by atoms with E-state index >= 15 is 0 Å². The number of fused-ring (bicyclic) bond motifs is 1. The molecule has 1 atom stereocenters. The molecule has 0 saturated heterocycles. The van der Waals surface area contributed by atoms with E-state index in [9.17, 15) is 0 Å². The highest BCUT2D eigenvalue weighted by Gasteiger charge is 2.06. The first kappa shape index (κ1) is 15.4. The highest BCUT2D eigenvalue weighted by Crippen LogP contribution is 2.14. The molecule has 0 fully saturated rings. The summed E-state index contributed by atoms with van der Waals surface area (Å²) in [6, 6.07) is 14.5. The lowest BCUT2D eigenvalue weighted by Gasteiger charge is -2.11. The van der Waals surface area contributed by atoms with Crippen LogP contribution in [0, 0.1) is 6.92 Å². The van der Waals surface area contributed by atoms with Gasteiger partial charge >= 0.3 is 0 Å². The average molecular weight is 306 g/mol. The van der Waals surface area contributed by atoms with E-state index in [1.165, 1.54) is 5.52 Å². The fraction of sp³-hybridized carbons (Fsp3) is 0.263. The van der Waals surface area contributed by atoms with E-state index in [1.54, 1.807) is 0 Å². The van der Waals surface area contributed by atoms with E-state index in [0.717, 1.165) is 30.1 Å². The van der Waals surface area contributed by atoms with Crippen molar-refractivity contribution in [3.63, 3.8) is 0 Å². The highest BCUT2D eigenvalue weighted by molar-refractivity contribution is 5.75. The summed E-state index contributed by atoms with van der Waals surface area (Å²) in [5, 5.41) is 3.52. The maximum absolute atomic E-state index is 4.60. The van der Waals surface area contributed by atoms with Crippen molar-refractivity contribution in [2.24, 2.45) is 0 Å². The second-order valence-electron chi connectivity index (χ2n) is 5.66. The average Bonchev–Trinajstić information content (AvgIpc) is 2.90. The van der Waals surface area contributed by atoms with E-state index in [4.69, 9.17) is 0 Å². The van der Waals surface area contributed by atoms with Crippen LogP contribution >= 0.6 is 0 Å². The van der Waals surface area contributed by atoms with Crippen molar-refractivity contribution in [3.05, 3.63) is 66.3 Å². The van der Waals surface area contributed by atoms with E-state index in [-0.39, 0.29) is 0 Å². The Labute approximate surface area is 136 Å². The first-order chi connectivity index (χ1) is 11.2. The van der Waals surface area contributed by atoms with Gasteiger partial charge in [-0.05, 0) is 44.2 Å². The number of benzene rings is 1. The summed E-state index contributed by atoms with van der Waals surface area (Å²) < 4.78 is 2.26. The zero-order chi connectivity index (χ0) is 16.1. The molecule has 3 rings (SSSR count). The van der Waals surface area contributed by atoms with Gasteiger partial charge in [0.15, 0.2) is 0 Å². The minimum Gasteiger partial charge on any atom is -0.327 e. The maximum atomic E-state index is 4.60. The normalized spacial score (nSPS) is 13.0. The summed E-state index contributed by atoms with van der Waals surface area (Å²) >= 11 is 0. The van der Waals surface area contributed by atoms with Gasteiger partial charge in [0.25, 0.3) is 0 Å². The Morgan fingerprint density at radius 3 is 2.83 bits per heavy atom. The Hall–Kier alpha value is -2.46. The topological polar surface area (TPSA) is 42.7 Å². The second kappa shape index (κ2) is 7.20. The molecule has 0 saturated carbocycles. The molecule has 0 radical (unpaired) electrons. The maximum Gasteiger partial charge on any atom is 0.106 e. The van der Waals surface area contributed by atoms with E-state index < -0.39 is 0 Å². The van der Waals surface area contributed by atoms with Crippen LogP contribution in [-0.2, 0) is 6.54 Å². The van der Waals surface area contributed by atoms with Crippen LogP contribution < -0.4 is 5.32 Å². The van der Waals surface area contributed by atoms with Crippen LogP contribution in [0.3, 0.4) is 0 Å².